The topological polar surface area (TPSA) is 137 Å². The highest BCUT2D eigenvalue weighted by molar-refractivity contribution is 8.15. The predicted molar refractivity (Wildman–Crippen MR) is 590 cm³/mol. The van der Waals surface area contributed by atoms with Crippen LogP contribution in [0.4, 0.5) is 0 Å². The number of carbonyl (C=O) groups is 8. The highest BCUT2D eigenvalue weighted by Gasteiger charge is 2.29. The Labute approximate surface area is 833 Å². The van der Waals surface area contributed by atoms with Crippen LogP contribution in [0.5, 0.6) is 0 Å². The zero-order valence-electron chi connectivity index (χ0n) is 92.0. The minimum Gasteiger partial charge on any atom is -0.330 e. The first-order chi connectivity index (χ1) is 60.2. The van der Waals surface area contributed by atoms with Crippen molar-refractivity contribution in [2.45, 2.75) is 349 Å². The first-order valence-electron chi connectivity index (χ1n) is 52.2. The summed E-state index contributed by atoms with van der Waals surface area (Å²) < 4.78 is 8.94. The van der Waals surface area contributed by atoms with E-state index in [2.05, 4.69) is 195 Å². The maximum absolute atomic E-state index is 11.7. The van der Waals surface area contributed by atoms with Gasteiger partial charge in [-0.2, -0.15) is 0 Å². The third-order valence-electron chi connectivity index (χ3n) is 24.6. The zero-order valence-corrected chi connectivity index (χ0v) is 98.5. The molecule has 0 saturated carbocycles. The molecule has 0 bridgehead atoms. The Balaban J connectivity index is -0.000000215. The summed E-state index contributed by atoms with van der Waals surface area (Å²) in [7, 11) is 12.9. The van der Waals surface area contributed by atoms with E-state index in [1.165, 1.54) is 271 Å². The number of carbonyl (C=O) groups excluding carboxylic acids is 8. The molecule has 0 aromatic rings. The molecule has 0 spiro atoms. The van der Waals surface area contributed by atoms with Crippen LogP contribution in [0.2, 0.25) is 0 Å². The van der Waals surface area contributed by atoms with E-state index in [9.17, 15) is 38.4 Å². The van der Waals surface area contributed by atoms with Crippen molar-refractivity contribution in [1.29, 1.82) is 0 Å². The van der Waals surface area contributed by atoms with Gasteiger partial charge in [0.2, 0.25) is 0 Å². The average molecular weight is 1970 g/mol. The maximum Gasteiger partial charge on any atom is 0.191 e. The van der Waals surface area contributed by atoms with Crippen LogP contribution in [-0.4, -0.2) is 335 Å². The van der Waals surface area contributed by atoms with Gasteiger partial charge >= 0.3 is 0 Å². The summed E-state index contributed by atoms with van der Waals surface area (Å²) in [5.74, 6) is 8.46. The largest absolute Gasteiger partial charge is 0.330 e. The Kier molecular flexibility index (Phi) is 103. The minimum atomic E-state index is 0.167. The molecule has 0 aromatic carbocycles. The molecule has 0 rings (SSSR count). The molecule has 0 aliphatic rings. The standard InChI is InChI=1S/C16H34NOS.2C15H32NOS.C14H30NOS.C13H28NOS.C12H26NOS.C10H22NOS.C9H20NOS/c1-5-9-11-16(18)19-15-14-17(8-4,12-7-3)13-10-6-2;1-6-9-11-16(8-3,10-7-2)12-13-18-15(17)14(4)5;1-5-9-10-15(17)18-14-13-16(8-4,11-6-2)12-7-3;1-6-9-15(8-3,10-7-2)11-12-17-14(16)13(4)5;1-5-9-10-13(15)16-12-11-14(6-2,7-3)8-4;1-6-13(7-2,8-3)9-10-15-12(14)11(4)5;1-5-6-7-10(12)13-9-8-11(2,3)4;1-8(2)9(11)12-7-6-10(3,4)5/h5-15H2,1-4H3;14H,6-13H2,1-5H3;5-14H2,1-4H3;13H,6-12H2,1-5H3;5-12H2,1-4H3;11H,6-10H2,1-5H3;5-9H2,1-4H3;8H,6-7H2,1-5H3/q8*+1. The second kappa shape index (κ2) is 91.9. The quantitative estimate of drug-likeness (QED) is 0.0534. The molecule has 768 valence electrons. The lowest BCUT2D eigenvalue weighted by atomic mass is 10.2. The number of nitrogens with zero attached hydrogens (tertiary/aromatic N) is 8. The number of unbranched alkanes of at least 4 members (excludes halogenated alkanes) is 6. The van der Waals surface area contributed by atoms with Gasteiger partial charge in [-0.1, -0.05) is 271 Å². The summed E-state index contributed by atoms with van der Waals surface area (Å²) in [6, 6.07) is 0. The van der Waals surface area contributed by atoms with Crippen molar-refractivity contribution in [3.8, 4) is 0 Å². The van der Waals surface area contributed by atoms with Gasteiger partial charge in [-0.25, -0.2) is 0 Å². The van der Waals surface area contributed by atoms with E-state index in [-0.39, 0.29) is 23.7 Å². The van der Waals surface area contributed by atoms with Gasteiger partial charge < -0.3 is 35.9 Å². The molecule has 16 nitrogen and oxygen atoms in total. The zero-order chi connectivity index (χ0) is 100. The molecule has 0 radical (unpaired) electrons. The Morgan fingerprint density at radius 2 is 0.328 bits per heavy atom. The number of thioether (sulfide) groups is 8. The van der Waals surface area contributed by atoms with Crippen LogP contribution in [-0.2, 0) is 38.4 Å². The highest BCUT2D eigenvalue weighted by atomic mass is 32.2. The van der Waals surface area contributed by atoms with Crippen molar-refractivity contribution in [1.82, 2.24) is 0 Å². The summed E-state index contributed by atoms with van der Waals surface area (Å²) in [5, 5.41) is 2.84. The summed E-state index contributed by atoms with van der Waals surface area (Å²) in [5.41, 5.74) is 0. The van der Waals surface area contributed by atoms with E-state index in [1.807, 2.05) is 55.4 Å². The lowest BCUT2D eigenvalue weighted by molar-refractivity contribution is -0.924. The van der Waals surface area contributed by atoms with Crippen LogP contribution in [0.3, 0.4) is 0 Å². The Bertz CT molecular complexity index is 2580. The second-order valence-electron chi connectivity index (χ2n) is 38.7. The Morgan fingerprint density at radius 1 is 0.180 bits per heavy atom. The lowest BCUT2D eigenvalue weighted by Gasteiger charge is -2.37. The van der Waals surface area contributed by atoms with E-state index < -0.39 is 0 Å². The fraction of sp³-hybridized carbons (Fsp3) is 0.923. The molecule has 2 atom stereocenters. The van der Waals surface area contributed by atoms with Crippen LogP contribution in [0.25, 0.3) is 0 Å². The van der Waals surface area contributed by atoms with Crippen molar-refractivity contribution in [2.75, 3.05) is 258 Å². The number of rotatable bonds is 68. The molecular weight excluding hydrogens is 1750 g/mol. The molecule has 0 amide bonds. The van der Waals surface area contributed by atoms with Crippen LogP contribution < -0.4 is 0 Å². The van der Waals surface area contributed by atoms with Gasteiger partial charge in [-0.15, -0.1) is 0 Å². The van der Waals surface area contributed by atoms with E-state index in [1.54, 1.807) is 23.5 Å². The van der Waals surface area contributed by atoms with Crippen molar-refractivity contribution in [2.24, 2.45) is 23.7 Å². The highest BCUT2D eigenvalue weighted by Crippen LogP contribution is 2.23. The molecule has 0 fully saturated rings. The predicted octanol–water partition coefficient (Wildman–Crippen LogP) is 25.9. The van der Waals surface area contributed by atoms with E-state index in [4.69, 9.17) is 0 Å². The molecule has 0 aromatic heterocycles. The van der Waals surface area contributed by atoms with Crippen molar-refractivity contribution >= 4 is 135 Å². The van der Waals surface area contributed by atoms with Crippen LogP contribution in [0.1, 0.15) is 349 Å². The molecule has 24 heteroatoms. The van der Waals surface area contributed by atoms with Gasteiger partial charge in [0, 0.05) is 49.4 Å². The molecular formula is C104H224N8O8S8+8. The summed E-state index contributed by atoms with van der Waals surface area (Å²) in [6.07, 6.45) is 24.2. The first-order valence-corrected chi connectivity index (χ1v) is 60.1. The third kappa shape index (κ3) is 85.1. The SMILES string of the molecule is CC(C)C(=O)SCC[N+](C)(C)C.CCCCC(=O)SCC[N+](C)(C)C.CCCCC(=O)SCC[N+](CC)(CC)CC.CCCCC(=O)SCC[N+](CC)(CCC)CCC.CCCCC(=O)SCC[N+](CC)(CCC)CCCC.CCCC[N+](CC)(CCC)CCSC(=O)C(C)C.CCC[N+](CC)(CCC)CCSC(=O)C(C)C.CC[N+](CC)(CC)CCSC(=O)C(C)C. The lowest BCUT2D eigenvalue weighted by Crippen LogP contribution is -2.50. The van der Waals surface area contributed by atoms with E-state index in [0.29, 0.717) is 40.9 Å². The van der Waals surface area contributed by atoms with E-state index >= 15 is 0 Å². The number of hydrogen-bond donors (Lipinski definition) is 0. The maximum atomic E-state index is 11.7. The molecule has 0 saturated heterocycles. The Morgan fingerprint density at radius 3 is 0.477 bits per heavy atom. The normalized spacial score (nSPS) is 12.7. The van der Waals surface area contributed by atoms with Crippen molar-refractivity contribution in [3.63, 3.8) is 0 Å². The summed E-state index contributed by atoms with van der Waals surface area (Å²) in [6.45, 7) is 95.9. The van der Waals surface area contributed by atoms with Gasteiger partial charge in [-0.3, -0.25) is 38.4 Å². The molecule has 0 heterocycles. The molecule has 0 N–H and O–H groups in total. The second-order valence-corrected chi connectivity index (χ2v) is 47.7. The van der Waals surface area contributed by atoms with Gasteiger partial charge in [0.1, 0.15) is 0 Å². The monoisotopic (exact) mass is 1970 g/mol. The fourth-order valence-electron chi connectivity index (χ4n) is 14.5. The van der Waals surface area contributed by atoms with Gasteiger partial charge in [0.25, 0.3) is 0 Å². The van der Waals surface area contributed by atoms with Gasteiger partial charge in [-0.05, 0) is 146 Å². The smallest absolute Gasteiger partial charge is 0.191 e. The van der Waals surface area contributed by atoms with Crippen LogP contribution >= 0.6 is 94.1 Å². The number of quaternary nitrogens is 8. The molecule has 2 unspecified atom stereocenters. The van der Waals surface area contributed by atoms with Crippen LogP contribution in [0.15, 0.2) is 0 Å². The van der Waals surface area contributed by atoms with Gasteiger partial charge in [0.05, 0.1) is 258 Å². The average Bonchev–Trinajstić information content (AvgIpc) is 0.876. The molecule has 128 heavy (non-hydrogen) atoms. The fourth-order valence-corrected chi connectivity index (χ4v) is 22.9. The summed E-state index contributed by atoms with van der Waals surface area (Å²) in [4.78, 5) is 92.0. The van der Waals surface area contributed by atoms with Crippen molar-refractivity contribution in [3.05, 3.63) is 0 Å². The Hall–Kier alpha value is -0.160. The molecule has 0 aliphatic carbocycles. The third-order valence-corrected chi connectivity index (χ3v) is 32.9. The molecule has 0 aliphatic heterocycles. The van der Waals surface area contributed by atoms with Gasteiger partial charge in [0.15, 0.2) is 40.9 Å². The van der Waals surface area contributed by atoms with E-state index in [0.717, 1.165) is 193 Å². The number of hydrogen-bond acceptors (Lipinski definition) is 16. The summed E-state index contributed by atoms with van der Waals surface area (Å²) >= 11 is 12.2. The van der Waals surface area contributed by atoms with Crippen LogP contribution in [0, 0.1) is 23.7 Å². The van der Waals surface area contributed by atoms with Crippen molar-refractivity contribution < 1.29 is 74.2 Å². The minimum absolute atomic E-state index is 0.167. The first kappa shape index (κ1) is 143.